The summed E-state index contributed by atoms with van der Waals surface area (Å²) in [5.41, 5.74) is -0.330. The molecule has 0 bridgehead atoms. The second kappa shape index (κ2) is 9.15. The summed E-state index contributed by atoms with van der Waals surface area (Å²) < 4.78 is 46.0. The molecule has 6 nitrogen and oxygen atoms in total. The number of halogens is 3. The average molecular weight is 446 g/mol. The van der Waals surface area contributed by atoms with Gasteiger partial charge in [0, 0.05) is 18.0 Å². The number of amides is 2. The Kier molecular flexibility index (Phi) is 6.98. The molecule has 0 spiro atoms. The van der Waals surface area contributed by atoms with Crippen LogP contribution in [0.4, 0.5) is 13.2 Å². The van der Waals surface area contributed by atoms with Crippen LogP contribution in [0.1, 0.15) is 38.2 Å². The predicted molar refractivity (Wildman–Crippen MR) is 107 cm³/mol. The Hall–Kier alpha value is -1.78. The Labute approximate surface area is 177 Å². The Balaban J connectivity index is 1.54. The zero-order valence-electron chi connectivity index (χ0n) is 16.8. The number of benzene rings is 1. The Morgan fingerprint density at radius 1 is 1.27 bits per heavy atom. The highest BCUT2D eigenvalue weighted by atomic mass is 32.2. The first-order valence-electron chi connectivity index (χ1n) is 9.89. The lowest BCUT2D eigenvalue weighted by Crippen LogP contribution is -2.45. The summed E-state index contributed by atoms with van der Waals surface area (Å²) in [6.45, 7) is 2.75. The van der Waals surface area contributed by atoms with Gasteiger partial charge < -0.3 is 15.4 Å². The topological polar surface area (TPSA) is 79.5 Å². The van der Waals surface area contributed by atoms with E-state index in [4.69, 9.17) is 4.74 Å². The van der Waals surface area contributed by atoms with Crippen molar-refractivity contribution < 1.29 is 27.5 Å². The van der Waals surface area contributed by atoms with Crippen molar-refractivity contribution in [3.05, 3.63) is 29.8 Å². The Morgan fingerprint density at radius 3 is 2.43 bits per heavy atom. The van der Waals surface area contributed by atoms with Crippen molar-refractivity contribution >= 4 is 23.8 Å². The third kappa shape index (κ3) is 5.28. The van der Waals surface area contributed by atoms with Gasteiger partial charge in [0.1, 0.15) is 0 Å². The van der Waals surface area contributed by atoms with Crippen LogP contribution in [0.2, 0.25) is 0 Å². The molecular formula is C20H26F3N3O3S. The molecule has 1 aromatic rings. The van der Waals surface area contributed by atoms with E-state index in [2.05, 4.69) is 15.4 Å². The molecule has 0 aromatic heterocycles. The first-order chi connectivity index (χ1) is 14.2. The summed E-state index contributed by atoms with van der Waals surface area (Å²) in [6.07, 6.45) is -2.17. The lowest BCUT2D eigenvalue weighted by molar-refractivity contribution is -0.174. The second-order valence-electron chi connectivity index (χ2n) is 7.82. The predicted octanol–water partition coefficient (Wildman–Crippen LogP) is 2.88. The van der Waals surface area contributed by atoms with Crippen LogP contribution in [0.3, 0.4) is 0 Å². The molecule has 10 heteroatoms. The van der Waals surface area contributed by atoms with Crippen LogP contribution in [0, 0.1) is 5.92 Å². The van der Waals surface area contributed by atoms with Gasteiger partial charge in [0.15, 0.2) is 0 Å². The lowest BCUT2D eigenvalue weighted by Gasteiger charge is -2.27. The molecule has 30 heavy (non-hydrogen) atoms. The first kappa shape index (κ1) is 22.9. The van der Waals surface area contributed by atoms with Crippen molar-refractivity contribution in [3.8, 4) is 0 Å². The van der Waals surface area contributed by atoms with Crippen molar-refractivity contribution in [2.75, 3.05) is 13.7 Å². The molecule has 3 N–H and O–H groups in total. The van der Waals surface area contributed by atoms with Gasteiger partial charge in [-0.15, -0.1) is 0 Å². The van der Waals surface area contributed by atoms with Crippen LogP contribution in [0.25, 0.3) is 0 Å². The van der Waals surface area contributed by atoms with Crippen LogP contribution in [-0.2, 0) is 19.9 Å². The molecule has 166 valence electrons. The van der Waals surface area contributed by atoms with Gasteiger partial charge in [0.2, 0.25) is 5.91 Å². The number of hydrogen-bond acceptors (Lipinski definition) is 5. The van der Waals surface area contributed by atoms with E-state index in [-0.39, 0.29) is 24.0 Å². The van der Waals surface area contributed by atoms with Crippen LogP contribution in [-0.4, -0.2) is 43.8 Å². The van der Waals surface area contributed by atoms with Crippen molar-refractivity contribution in [1.82, 2.24) is 15.4 Å². The number of nitrogens with one attached hydrogen (secondary N) is 3. The maximum absolute atomic E-state index is 12.5. The third-order valence-corrected chi connectivity index (χ3v) is 6.52. The quantitative estimate of drug-likeness (QED) is 0.537. The summed E-state index contributed by atoms with van der Waals surface area (Å²) in [5.74, 6) is -2.42. The number of methoxy groups -OCH3 is 1. The molecule has 3 atom stereocenters. The molecule has 2 unspecified atom stereocenters. The van der Waals surface area contributed by atoms with Gasteiger partial charge in [0.05, 0.1) is 17.6 Å². The molecule has 2 aliphatic rings. The first-order valence-corrected chi connectivity index (χ1v) is 10.7. The maximum Gasteiger partial charge on any atom is 0.471 e. The SMILES string of the molecule is COC(C(C)C(=O)NSc1ccc(C2(NC(=O)C(F)(F)F)CC2)cc1)[C@@H]1CCCN1. The highest BCUT2D eigenvalue weighted by Crippen LogP contribution is 2.46. The number of ether oxygens (including phenoxy) is 1. The van der Waals surface area contributed by atoms with Crippen molar-refractivity contribution in [2.45, 2.75) is 61.4 Å². The van der Waals surface area contributed by atoms with E-state index in [0.717, 1.165) is 36.2 Å². The summed E-state index contributed by atoms with van der Waals surface area (Å²) >= 11 is 1.14. The Morgan fingerprint density at radius 2 is 1.93 bits per heavy atom. The molecule has 2 fully saturated rings. The number of carbonyl (C=O) groups is 2. The fourth-order valence-corrected chi connectivity index (χ4v) is 4.48. The van der Waals surface area contributed by atoms with Gasteiger partial charge in [-0.1, -0.05) is 19.1 Å². The van der Waals surface area contributed by atoms with Gasteiger partial charge in [-0.3, -0.25) is 14.3 Å². The molecule has 1 aromatic carbocycles. The normalized spacial score (nSPS) is 22.2. The number of hydrogen-bond donors (Lipinski definition) is 3. The standard InChI is InChI=1S/C20H26F3N3O3S/c1-12(16(29-2)15-4-3-11-24-15)17(27)26-30-14-7-5-13(6-8-14)19(9-10-19)25-18(28)20(21,22)23/h5-8,12,15-16,24H,3-4,9-11H2,1-2H3,(H,25,28)(H,26,27)/t12?,15-,16?/m0/s1. The zero-order valence-corrected chi connectivity index (χ0v) is 17.7. The summed E-state index contributed by atoms with van der Waals surface area (Å²) in [7, 11) is 1.60. The lowest BCUT2D eigenvalue weighted by atomic mass is 9.96. The third-order valence-electron chi connectivity index (χ3n) is 5.71. The van der Waals surface area contributed by atoms with Gasteiger partial charge in [-0.2, -0.15) is 13.2 Å². The maximum atomic E-state index is 12.5. The molecule has 3 rings (SSSR count). The second-order valence-corrected chi connectivity index (χ2v) is 8.70. The molecule has 1 heterocycles. The van der Waals surface area contributed by atoms with E-state index in [1.54, 1.807) is 31.4 Å². The van der Waals surface area contributed by atoms with E-state index in [1.807, 2.05) is 6.92 Å². The summed E-state index contributed by atoms with van der Waals surface area (Å²) in [5, 5.41) is 5.45. The summed E-state index contributed by atoms with van der Waals surface area (Å²) in [4.78, 5) is 24.5. The fourth-order valence-electron chi connectivity index (χ4n) is 3.80. The smallest absolute Gasteiger partial charge is 0.379 e. The van der Waals surface area contributed by atoms with E-state index in [0.29, 0.717) is 18.4 Å². The number of alkyl halides is 3. The van der Waals surface area contributed by atoms with Crippen LogP contribution < -0.4 is 15.4 Å². The molecule has 1 aliphatic heterocycles. The minimum Gasteiger partial charge on any atom is -0.379 e. The molecule has 1 saturated carbocycles. The molecule has 2 amide bonds. The van der Waals surface area contributed by atoms with Crippen molar-refractivity contribution in [3.63, 3.8) is 0 Å². The highest BCUT2D eigenvalue weighted by Gasteiger charge is 2.50. The number of carbonyl (C=O) groups excluding carboxylic acids is 2. The highest BCUT2D eigenvalue weighted by molar-refractivity contribution is 7.98. The minimum absolute atomic E-state index is 0.152. The van der Waals surface area contributed by atoms with E-state index in [1.165, 1.54) is 0 Å². The van der Waals surface area contributed by atoms with Crippen molar-refractivity contribution in [2.24, 2.45) is 5.92 Å². The van der Waals surface area contributed by atoms with Crippen molar-refractivity contribution in [1.29, 1.82) is 0 Å². The van der Waals surface area contributed by atoms with E-state index < -0.39 is 17.6 Å². The number of rotatable bonds is 8. The summed E-state index contributed by atoms with van der Waals surface area (Å²) in [6, 6.07) is 6.96. The fraction of sp³-hybridized carbons (Fsp3) is 0.600. The van der Waals surface area contributed by atoms with Gasteiger partial charge >= 0.3 is 12.1 Å². The average Bonchev–Trinajstić information content (AvgIpc) is 3.29. The molecular weight excluding hydrogens is 419 g/mol. The van der Waals surface area contributed by atoms with Crippen LogP contribution >= 0.6 is 11.9 Å². The zero-order chi connectivity index (χ0) is 21.9. The minimum atomic E-state index is -4.90. The molecule has 1 aliphatic carbocycles. The Bertz CT molecular complexity index is 763. The monoisotopic (exact) mass is 445 g/mol. The van der Waals surface area contributed by atoms with Crippen LogP contribution in [0.15, 0.2) is 29.2 Å². The van der Waals surface area contributed by atoms with Crippen LogP contribution in [0.5, 0.6) is 0 Å². The van der Waals surface area contributed by atoms with Gasteiger partial charge in [-0.05, 0) is 61.9 Å². The van der Waals surface area contributed by atoms with Gasteiger partial charge in [0.25, 0.3) is 0 Å². The van der Waals surface area contributed by atoms with E-state index >= 15 is 0 Å². The van der Waals surface area contributed by atoms with Gasteiger partial charge in [-0.25, -0.2) is 0 Å². The largest absolute Gasteiger partial charge is 0.471 e. The van der Waals surface area contributed by atoms with E-state index in [9.17, 15) is 22.8 Å². The molecule has 1 saturated heterocycles. The molecule has 0 radical (unpaired) electrons.